The lowest BCUT2D eigenvalue weighted by atomic mass is 10.2. The summed E-state index contributed by atoms with van der Waals surface area (Å²) < 4.78 is 65.5. The van der Waals surface area contributed by atoms with Gasteiger partial charge in [0.1, 0.15) is 6.54 Å². The van der Waals surface area contributed by atoms with Crippen molar-refractivity contribution in [3.63, 3.8) is 0 Å². The average molecular weight is 622 g/mol. The van der Waals surface area contributed by atoms with E-state index in [1.165, 1.54) is 5.56 Å². The Labute approximate surface area is 228 Å². The van der Waals surface area contributed by atoms with Crippen molar-refractivity contribution < 1.29 is 31.3 Å². The van der Waals surface area contributed by atoms with Gasteiger partial charge in [0.15, 0.2) is 0 Å². The predicted molar refractivity (Wildman–Crippen MR) is 146 cm³/mol. The summed E-state index contributed by atoms with van der Waals surface area (Å²) in [5.74, 6) is 0.0615. The number of unbranched alkanes of at least 4 members (excludes halogenated alkanes) is 1. The first-order valence-electron chi connectivity index (χ1n) is 11.3. The van der Waals surface area contributed by atoms with Crippen LogP contribution in [0.4, 0.5) is 0 Å². The van der Waals surface area contributed by atoms with Crippen molar-refractivity contribution >= 4 is 59.1 Å². The van der Waals surface area contributed by atoms with Crippen LogP contribution in [0.15, 0.2) is 60.7 Å². The molecule has 0 unspecified atom stereocenters. The van der Waals surface area contributed by atoms with Gasteiger partial charge in [-0.15, -0.1) is 0 Å². The lowest BCUT2D eigenvalue weighted by Crippen LogP contribution is -2.82. The highest BCUT2D eigenvalue weighted by molar-refractivity contribution is 8.24. The summed E-state index contributed by atoms with van der Waals surface area (Å²) in [5, 5.41) is -1.10. The maximum absolute atomic E-state index is 11.7. The molecule has 1 aliphatic rings. The minimum absolute atomic E-state index is 0.244. The second kappa shape index (κ2) is 17.0. The zero-order valence-electron chi connectivity index (χ0n) is 19.7. The van der Waals surface area contributed by atoms with E-state index in [1.54, 1.807) is 4.31 Å². The lowest BCUT2D eigenvalue weighted by Gasteiger charge is -2.26. The molecule has 0 radical (unpaired) electrons. The molecular weight excluding hydrogens is 590 g/mol. The molecule has 14 heteroatoms. The standard InChI is InChI=1S/C11H17NO3S.C11H15NO2S.Cl3OP/c13-16(14,15)9-5-4-8-12-10-11-6-2-1-3-7-11;13-15(14)9-5-4-8-12(15)10-11-6-2-1-3-7-11;1-5(2,3)4/h1-3,6-7,12H,4-5,8-10H2,(H,13,14,15);1-3,6-7H,4-5,8-10H2;. The van der Waals surface area contributed by atoms with Crippen LogP contribution in [0.25, 0.3) is 0 Å². The molecule has 2 N–H and O–H groups in total. The van der Waals surface area contributed by atoms with Crippen molar-refractivity contribution in [3.8, 4) is 0 Å². The third kappa shape index (κ3) is 18.5. The van der Waals surface area contributed by atoms with Crippen LogP contribution in [0, 0.1) is 0 Å². The van der Waals surface area contributed by atoms with Gasteiger partial charge in [-0.25, -0.2) is 16.8 Å². The van der Waals surface area contributed by atoms with Gasteiger partial charge in [-0.2, -0.15) is 4.31 Å². The Morgan fingerprint density at radius 1 is 0.917 bits per heavy atom. The van der Waals surface area contributed by atoms with Gasteiger partial charge in [0.2, 0.25) is 10.0 Å². The number of nitrogens with zero attached hydrogens (tertiary/aromatic N) is 1. The molecule has 0 spiro atoms. The van der Waals surface area contributed by atoms with E-state index in [0.29, 0.717) is 25.3 Å². The van der Waals surface area contributed by atoms with Crippen LogP contribution in [0.2, 0.25) is 0 Å². The Bertz CT molecular complexity index is 1130. The summed E-state index contributed by atoms with van der Waals surface area (Å²) in [6.45, 7) is 2.93. The SMILES string of the molecule is O=P(Cl)(Cl)Cl.O=S(=O)([O-])CCCC[NH2+]Cc1ccccc1.O=S1(=O)CCCCN1Cc1ccccc1. The van der Waals surface area contributed by atoms with Gasteiger partial charge in [-0.05, 0) is 65.0 Å². The molecule has 1 aliphatic heterocycles. The maximum Gasteiger partial charge on any atom is 0.339 e. The smallest absolute Gasteiger partial charge is 0.339 e. The van der Waals surface area contributed by atoms with E-state index in [4.69, 9.17) is 0 Å². The first-order chi connectivity index (χ1) is 16.8. The lowest BCUT2D eigenvalue weighted by molar-refractivity contribution is -0.670. The second-order valence-corrected chi connectivity index (χ2v) is 18.2. The Balaban J connectivity index is 0.000000304. The van der Waals surface area contributed by atoms with Crippen LogP contribution in [0.1, 0.15) is 36.8 Å². The molecule has 36 heavy (non-hydrogen) atoms. The zero-order valence-corrected chi connectivity index (χ0v) is 24.5. The van der Waals surface area contributed by atoms with Crippen molar-refractivity contribution in [2.75, 3.05) is 24.6 Å². The maximum atomic E-state index is 11.7. The molecule has 0 atom stereocenters. The Morgan fingerprint density at radius 3 is 1.94 bits per heavy atom. The summed E-state index contributed by atoms with van der Waals surface area (Å²) in [6, 6.07) is 19.8. The highest BCUT2D eigenvalue weighted by Crippen LogP contribution is 2.61. The molecule has 1 heterocycles. The van der Waals surface area contributed by atoms with Crippen LogP contribution in [-0.4, -0.2) is 50.3 Å². The van der Waals surface area contributed by atoms with E-state index in [2.05, 4.69) is 51.2 Å². The van der Waals surface area contributed by atoms with Crippen molar-refractivity contribution in [1.29, 1.82) is 0 Å². The number of sulfonamides is 1. The number of halogens is 3. The van der Waals surface area contributed by atoms with E-state index in [9.17, 15) is 26.0 Å². The van der Waals surface area contributed by atoms with E-state index in [0.717, 1.165) is 37.9 Å². The summed E-state index contributed by atoms with van der Waals surface area (Å²) in [7, 11) is -7.02. The van der Waals surface area contributed by atoms with Crippen molar-refractivity contribution in [2.24, 2.45) is 0 Å². The minimum Gasteiger partial charge on any atom is -0.748 e. The Morgan fingerprint density at radius 2 is 1.44 bits per heavy atom. The third-order valence-corrected chi connectivity index (χ3v) is 7.62. The van der Waals surface area contributed by atoms with E-state index in [1.807, 2.05) is 48.5 Å². The zero-order chi connectivity index (χ0) is 27.1. The van der Waals surface area contributed by atoms with Gasteiger partial charge in [0, 0.05) is 24.4 Å². The largest absolute Gasteiger partial charge is 0.748 e. The van der Waals surface area contributed by atoms with Gasteiger partial charge in [0.05, 0.1) is 22.4 Å². The first kappa shape index (κ1) is 33.3. The molecule has 0 saturated carbocycles. The predicted octanol–water partition coefficient (Wildman–Crippen LogP) is 4.50. The molecule has 1 saturated heterocycles. The topological polar surface area (TPSA) is 128 Å². The van der Waals surface area contributed by atoms with Gasteiger partial charge in [-0.3, -0.25) is 4.57 Å². The number of hydrogen-bond acceptors (Lipinski definition) is 6. The van der Waals surface area contributed by atoms with Gasteiger partial charge < -0.3 is 9.87 Å². The molecular formula is C22H32Cl3N2O6PS2. The van der Waals surface area contributed by atoms with Gasteiger partial charge >= 0.3 is 5.20 Å². The van der Waals surface area contributed by atoms with Gasteiger partial charge in [-0.1, -0.05) is 60.7 Å². The second-order valence-electron chi connectivity index (χ2n) is 7.98. The van der Waals surface area contributed by atoms with Crippen LogP contribution in [0.3, 0.4) is 0 Å². The highest BCUT2D eigenvalue weighted by Gasteiger charge is 2.25. The normalized spacial score (nSPS) is 15.7. The Kier molecular flexibility index (Phi) is 15.8. The molecule has 0 aromatic heterocycles. The first-order valence-corrected chi connectivity index (χ1v) is 18.9. The fourth-order valence-corrected chi connectivity index (χ4v) is 5.39. The van der Waals surface area contributed by atoms with Crippen LogP contribution < -0.4 is 5.32 Å². The quantitative estimate of drug-likeness (QED) is 0.250. The number of rotatable bonds is 9. The van der Waals surface area contributed by atoms with E-state index >= 15 is 0 Å². The molecule has 1 fully saturated rings. The van der Waals surface area contributed by atoms with Gasteiger partial charge in [0.25, 0.3) is 0 Å². The molecule has 2 aromatic rings. The van der Waals surface area contributed by atoms with Crippen molar-refractivity contribution in [3.05, 3.63) is 71.8 Å². The number of nitrogens with two attached hydrogens (primary N) is 1. The summed E-state index contributed by atoms with van der Waals surface area (Å²) in [4.78, 5) is 0. The number of hydrogen-bond donors (Lipinski definition) is 1. The van der Waals surface area contributed by atoms with E-state index in [-0.39, 0.29) is 5.75 Å². The van der Waals surface area contributed by atoms with Crippen LogP contribution in [0.5, 0.6) is 0 Å². The minimum atomic E-state index is -4.03. The summed E-state index contributed by atoms with van der Waals surface area (Å²) in [5.41, 5.74) is 2.31. The molecule has 2 aromatic carbocycles. The summed E-state index contributed by atoms with van der Waals surface area (Å²) in [6.07, 6.45) is 2.99. The number of benzene rings is 2. The monoisotopic (exact) mass is 620 g/mol. The van der Waals surface area contributed by atoms with Crippen LogP contribution in [-0.2, 0) is 37.8 Å². The van der Waals surface area contributed by atoms with E-state index < -0.39 is 25.3 Å². The van der Waals surface area contributed by atoms with Crippen LogP contribution >= 0.6 is 38.9 Å². The van der Waals surface area contributed by atoms with Crippen molar-refractivity contribution in [1.82, 2.24) is 4.31 Å². The summed E-state index contributed by atoms with van der Waals surface area (Å²) >= 11 is 13.8. The fraction of sp³-hybridized carbons (Fsp3) is 0.455. The molecule has 204 valence electrons. The van der Waals surface area contributed by atoms with Crippen molar-refractivity contribution in [2.45, 2.75) is 38.8 Å². The number of quaternary nitrogens is 1. The molecule has 8 nitrogen and oxygen atoms in total. The molecule has 0 aliphatic carbocycles. The highest BCUT2D eigenvalue weighted by atomic mass is 36.0. The molecule has 0 bridgehead atoms. The average Bonchev–Trinajstić information content (AvgIpc) is 2.78. The molecule has 3 rings (SSSR count). The fourth-order valence-electron chi connectivity index (χ4n) is 3.26. The molecule has 0 amide bonds. The Hall–Kier alpha value is -0.680. The third-order valence-electron chi connectivity index (χ3n) is 4.93.